The van der Waals surface area contributed by atoms with E-state index >= 15 is 0 Å². The molecule has 4 nitrogen and oxygen atoms in total. The van der Waals surface area contributed by atoms with E-state index in [0.717, 1.165) is 16.8 Å². The molecule has 0 bridgehead atoms. The van der Waals surface area contributed by atoms with Crippen molar-refractivity contribution in [1.29, 1.82) is 0 Å². The Hall–Kier alpha value is -1.55. The molecule has 1 aliphatic heterocycles. The molecule has 1 heterocycles. The molecule has 0 fully saturated rings. The number of carbonyl (C=O) groups is 1. The minimum atomic E-state index is -0.485. The zero-order chi connectivity index (χ0) is 15.1. The van der Waals surface area contributed by atoms with Crippen molar-refractivity contribution < 1.29 is 9.53 Å². The van der Waals surface area contributed by atoms with Gasteiger partial charge in [-0.3, -0.25) is 4.90 Å². The van der Waals surface area contributed by atoms with Crippen LogP contribution in [0.3, 0.4) is 0 Å². The van der Waals surface area contributed by atoms with Gasteiger partial charge in [0.25, 0.3) is 0 Å². The lowest BCUT2D eigenvalue weighted by Crippen LogP contribution is -2.38. The molecule has 0 aromatic heterocycles. The maximum Gasteiger partial charge on any atom is 0.414 e. The van der Waals surface area contributed by atoms with Crippen LogP contribution in [0.4, 0.5) is 10.5 Å². The summed E-state index contributed by atoms with van der Waals surface area (Å²) < 4.78 is 5.49. The molecule has 0 saturated heterocycles. The third kappa shape index (κ3) is 2.80. The average molecular weight is 276 g/mol. The highest BCUT2D eigenvalue weighted by Gasteiger charge is 2.39. The first kappa shape index (κ1) is 14.9. The van der Waals surface area contributed by atoms with Crippen LogP contribution in [0, 0.1) is 0 Å². The summed E-state index contributed by atoms with van der Waals surface area (Å²) in [5, 5.41) is 0. The highest BCUT2D eigenvalue weighted by Crippen LogP contribution is 2.41. The summed E-state index contributed by atoms with van der Waals surface area (Å²) in [6.07, 6.45) is -0.287. The Morgan fingerprint density at radius 3 is 2.60 bits per heavy atom. The normalized spacial score (nSPS) is 17.0. The Morgan fingerprint density at radius 1 is 1.40 bits per heavy atom. The van der Waals surface area contributed by atoms with Crippen LogP contribution in [0.15, 0.2) is 18.2 Å². The van der Waals surface area contributed by atoms with E-state index in [2.05, 4.69) is 19.9 Å². The number of rotatable bonds is 1. The minimum Gasteiger partial charge on any atom is -0.443 e. The number of fused-ring (bicyclic) bond motifs is 1. The maximum atomic E-state index is 12.3. The van der Waals surface area contributed by atoms with Crippen molar-refractivity contribution in [3.05, 3.63) is 29.3 Å². The van der Waals surface area contributed by atoms with Crippen LogP contribution < -0.4 is 10.6 Å². The number of carbonyl (C=O) groups excluding carboxylic acids is 1. The van der Waals surface area contributed by atoms with Gasteiger partial charge in [-0.15, -0.1) is 0 Å². The molecule has 2 N–H and O–H groups in total. The molecule has 0 aliphatic carbocycles. The fraction of sp³-hybridized carbons (Fsp3) is 0.562. The highest BCUT2D eigenvalue weighted by atomic mass is 16.6. The number of hydrogen-bond acceptors (Lipinski definition) is 3. The molecule has 110 valence electrons. The Kier molecular flexibility index (Phi) is 3.54. The number of benzene rings is 1. The predicted molar refractivity (Wildman–Crippen MR) is 80.9 cm³/mol. The smallest absolute Gasteiger partial charge is 0.414 e. The summed E-state index contributed by atoms with van der Waals surface area (Å²) >= 11 is 0. The monoisotopic (exact) mass is 276 g/mol. The summed E-state index contributed by atoms with van der Waals surface area (Å²) in [7, 11) is 0. The minimum absolute atomic E-state index is 0.0859. The van der Waals surface area contributed by atoms with Crippen LogP contribution in [0.25, 0.3) is 0 Å². The van der Waals surface area contributed by atoms with Gasteiger partial charge >= 0.3 is 6.09 Å². The molecule has 20 heavy (non-hydrogen) atoms. The first-order valence-electron chi connectivity index (χ1n) is 6.98. The summed E-state index contributed by atoms with van der Waals surface area (Å²) in [5.74, 6) is 0. The van der Waals surface area contributed by atoms with Gasteiger partial charge in [0.1, 0.15) is 5.60 Å². The lowest BCUT2D eigenvalue weighted by Gasteiger charge is -2.25. The van der Waals surface area contributed by atoms with Crippen LogP contribution in [-0.2, 0) is 16.7 Å². The number of nitrogens with two attached hydrogens (primary N) is 1. The van der Waals surface area contributed by atoms with Crippen molar-refractivity contribution in [3.63, 3.8) is 0 Å². The molecule has 0 unspecified atom stereocenters. The molecular formula is C16H24N2O2. The van der Waals surface area contributed by atoms with E-state index in [1.54, 1.807) is 4.90 Å². The van der Waals surface area contributed by atoms with Crippen LogP contribution in [0.1, 0.15) is 45.7 Å². The summed E-state index contributed by atoms with van der Waals surface area (Å²) in [6.45, 7) is 11.0. The van der Waals surface area contributed by atoms with Crippen molar-refractivity contribution in [2.24, 2.45) is 5.73 Å². The van der Waals surface area contributed by atoms with Crippen LogP contribution >= 0.6 is 0 Å². The van der Waals surface area contributed by atoms with E-state index < -0.39 is 5.60 Å². The first-order valence-corrected chi connectivity index (χ1v) is 6.98. The fourth-order valence-corrected chi connectivity index (χ4v) is 2.53. The number of ether oxygens (including phenoxy) is 1. The molecule has 0 radical (unpaired) electrons. The molecule has 1 aromatic rings. The van der Waals surface area contributed by atoms with Gasteiger partial charge in [-0.05, 0) is 38.0 Å². The van der Waals surface area contributed by atoms with Crippen LogP contribution in [0.5, 0.6) is 0 Å². The number of amides is 1. The second-order valence-electron chi connectivity index (χ2n) is 7.01. The molecule has 2 rings (SSSR count). The molecule has 1 aromatic carbocycles. The quantitative estimate of drug-likeness (QED) is 0.857. The lowest BCUT2D eigenvalue weighted by atomic mass is 9.86. The summed E-state index contributed by atoms with van der Waals surface area (Å²) in [5.41, 5.74) is 8.31. The van der Waals surface area contributed by atoms with Gasteiger partial charge in [0.2, 0.25) is 0 Å². The van der Waals surface area contributed by atoms with E-state index in [1.165, 1.54) is 0 Å². The molecule has 0 atom stereocenters. The molecule has 1 amide bonds. The Bertz CT molecular complexity index is 530. The number of anilines is 1. The molecular weight excluding hydrogens is 252 g/mol. The zero-order valence-electron chi connectivity index (χ0n) is 13.0. The third-order valence-electron chi connectivity index (χ3n) is 3.48. The van der Waals surface area contributed by atoms with Gasteiger partial charge in [0.05, 0.1) is 5.69 Å². The molecule has 4 heteroatoms. The predicted octanol–water partition coefficient (Wildman–Crippen LogP) is 3.18. The van der Waals surface area contributed by atoms with Gasteiger partial charge in [-0.2, -0.15) is 0 Å². The topological polar surface area (TPSA) is 55.6 Å². The first-order chi connectivity index (χ1) is 9.14. The molecule has 0 spiro atoms. The van der Waals surface area contributed by atoms with Gasteiger partial charge in [-0.25, -0.2) is 4.79 Å². The van der Waals surface area contributed by atoms with Crippen molar-refractivity contribution in [2.45, 2.75) is 52.2 Å². The van der Waals surface area contributed by atoms with Gasteiger partial charge in [-0.1, -0.05) is 26.0 Å². The standard InChI is InChI=1S/C16H24N2O2/c1-15(2,3)20-14(19)18-10-16(4,5)12-8-11(9-17)6-7-13(12)18/h6-8H,9-10,17H2,1-5H3. The Morgan fingerprint density at radius 2 is 2.05 bits per heavy atom. The van der Waals surface area contributed by atoms with Crippen LogP contribution in [-0.4, -0.2) is 18.2 Å². The van der Waals surface area contributed by atoms with E-state index in [4.69, 9.17) is 10.5 Å². The van der Waals surface area contributed by atoms with Crippen LogP contribution in [0.2, 0.25) is 0 Å². The fourth-order valence-electron chi connectivity index (χ4n) is 2.53. The third-order valence-corrected chi connectivity index (χ3v) is 3.48. The highest BCUT2D eigenvalue weighted by molar-refractivity contribution is 5.91. The molecule has 0 saturated carbocycles. The summed E-state index contributed by atoms with van der Waals surface area (Å²) in [6, 6.07) is 6.04. The van der Waals surface area contributed by atoms with Gasteiger partial charge in [0.15, 0.2) is 0 Å². The van der Waals surface area contributed by atoms with Gasteiger partial charge < -0.3 is 10.5 Å². The van der Waals surface area contributed by atoms with E-state index in [-0.39, 0.29) is 11.5 Å². The SMILES string of the molecule is CC(C)(C)OC(=O)N1CC(C)(C)c2cc(CN)ccc21. The second-order valence-corrected chi connectivity index (χ2v) is 7.01. The van der Waals surface area contributed by atoms with E-state index in [0.29, 0.717) is 13.1 Å². The number of hydrogen-bond donors (Lipinski definition) is 1. The largest absolute Gasteiger partial charge is 0.443 e. The average Bonchev–Trinajstić information content (AvgIpc) is 2.59. The van der Waals surface area contributed by atoms with E-state index in [1.807, 2.05) is 32.9 Å². The number of nitrogens with zero attached hydrogens (tertiary/aromatic N) is 1. The van der Waals surface area contributed by atoms with Gasteiger partial charge in [0, 0.05) is 18.5 Å². The van der Waals surface area contributed by atoms with Crippen molar-refractivity contribution in [1.82, 2.24) is 0 Å². The van der Waals surface area contributed by atoms with Crippen molar-refractivity contribution in [3.8, 4) is 0 Å². The second kappa shape index (κ2) is 4.77. The van der Waals surface area contributed by atoms with Crippen molar-refractivity contribution in [2.75, 3.05) is 11.4 Å². The Labute approximate surface area is 120 Å². The van der Waals surface area contributed by atoms with Crippen molar-refractivity contribution >= 4 is 11.8 Å². The van der Waals surface area contributed by atoms with E-state index in [9.17, 15) is 4.79 Å². The lowest BCUT2D eigenvalue weighted by molar-refractivity contribution is 0.0579. The Balaban J connectivity index is 2.36. The zero-order valence-corrected chi connectivity index (χ0v) is 13.0. The molecule has 1 aliphatic rings. The summed E-state index contributed by atoms with van der Waals surface area (Å²) in [4.78, 5) is 14.1. The maximum absolute atomic E-state index is 12.3.